The van der Waals surface area contributed by atoms with E-state index in [9.17, 15) is 18.0 Å². The fourth-order valence-electron chi connectivity index (χ4n) is 3.97. The third-order valence-electron chi connectivity index (χ3n) is 5.73. The lowest BCUT2D eigenvalue weighted by Crippen LogP contribution is -2.38. The van der Waals surface area contributed by atoms with Crippen molar-refractivity contribution >= 4 is 12.0 Å². The number of benzene rings is 2. The van der Waals surface area contributed by atoms with Gasteiger partial charge in [-0.25, -0.2) is 22.8 Å². The fraction of sp³-hybridized carbons (Fsp3) is 0.292. The number of hydrogen-bond donors (Lipinski definition) is 0. The molecule has 3 aromatic rings. The molecule has 1 saturated heterocycles. The molecule has 1 fully saturated rings. The molecule has 2 aromatic carbocycles. The molecule has 1 aromatic heterocycles. The Bertz CT molecular complexity index is 1220. The number of methoxy groups -OCH3 is 1. The van der Waals surface area contributed by atoms with Gasteiger partial charge in [-0.1, -0.05) is 6.07 Å². The van der Waals surface area contributed by atoms with Crippen LogP contribution in [0.2, 0.25) is 0 Å². The van der Waals surface area contributed by atoms with Gasteiger partial charge < -0.3 is 9.64 Å². The van der Waals surface area contributed by atoms with Crippen LogP contribution in [-0.2, 0) is 4.79 Å². The first-order valence-corrected chi connectivity index (χ1v) is 10.5. The summed E-state index contributed by atoms with van der Waals surface area (Å²) in [5, 5.41) is 4.30. The minimum absolute atomic E-state index is 0.204. The highest BCUT2D eigenvalue weighted by molar-refractivity contribution is 5.98. The number of nitrogens with zero attached hydrogens (tertiary/aromatic N) is 4. The maximum absolute atomic E-state index is 13.7. The van der Waals surface area contributed by atoms with E-state index in [1.54, 1.807) is 49.0 Å². The van der Waals surface area contributed by atoms with Crippen LogP contribution in [0.15, 0.2) is 42.2 Å². The van der Waals surface area contributed by atoms with Gasteiger partial charge in [-0.2, -0.15) is 5.10 Å². The molecule has 1 amide bonds. The van der Waals surface area contributed by atoms with Crippen LogP contribution in [0.5, 0.6) is 5.75 Å². The van der Waals surface area contributed by atoms with Crippen LogP contribution in [0, 0.1) is 24.4 Å². The van der Waals surface area contributed by atoms with Gasteiger partial charge in [0.25, 0.3) is 0 Å². The quantitative estimate of drug-likeness (QED) is 0.410. The molecule has 0 N–H and O–H groups in total. The minimum Gasteiger partial charge on any atom is -0.494 e. The van der Waals surface area contributed by atoms with Crippen LogP contribution in [-0.4, -0.2) is 39.2 Å². The summed E-state index contributed by atoms with van der Waals surface area (Å²) in [4.78, 5) is 18.8. The minimum atomic E-state index is -1.52. The number of hydrogen-bond acceptors (Lipinski definition) is 4. The van der Waals surface area contributed by atoms with Crippen molar-refractivity contribution in [2.45, 2.75) is 32.7 Å². The van der Waals surface area contributed by atoms with Crippen LogP contribution in [0.1, 0.15) is 42.8 Å². The molecule has 1 atom stereocenters. The maximum Gasteiger partial charge on any atom is 0.250 e. The summed E-state index contributed by atoms with van der Waals surface area (Å²) in [5.41, 5.74) is 2.26. The molecular formula is C24H23F3N4O2. The topological polar surface area (TPSA) is 60.2 Å². The first kappa shape index (κ1) is 22.6. The van der Waals surface area contributed by atoms with E-state index in [1.165, 1.54) is 0 Å². The Hall–Kier alpha value is -3.62. The van der Waals surface area contributed by atoms with Gasteiger partial charge in [-0.05, 0) is 68.2 Å². The molecule has 1 aliphatic rings. The molecule has 4 rings (SSSR count). The Labute approximate surface area is 189 Å². The van der Waals surface area contributed by atoms with Crippen molar-refractivity contribution in [1.82, 2.24) is 19.7 Å². The molecule has 0 bridgehead atoms. The van der Waals surface area contributed by atoms with E-state index in [-0.39, 0.29) is 11.5 Å². The monoisotopic (exact) mass is 456 g/mol. The summed E-state index contributed by atoms with van der Waals surface area (Å²) in [5.74, 6) is -3.09. The summed E-state index contributed by atoms with van der Waals surface area (Å²) in [6.07, 6.45) is 4.64. The van der Waals surface area contributed by atoms with E-state index in [0.29, 0.717) is 42.2 Å². The van der Waals surface area contributed by atoms with Gasteiger partial charge in [-0.3, -0.25) is 4.79 Å². The molecule has 0 radical (unpaired) electrons. The zero-order valence-corrected chi connectivity index (χ0v) is 18.5. The second-order valence-electron chi connectivity index (χ2n) is 7.91. The number of ether oxygens (including phenoxy) is 1. The molecule has 0 aliphatic carbocycles. The van der Waals surface area contributed by atoms with E-state index in [2.05, 4.69) is 10.1 Å². The molecular weight excluding hydrogens is 433 g/mol. The van der Waals surface area contributed by atoms with Gasteiger partial charge >= 0.3 is 0 Å². The standard InChI is InChI=1S/C24H23F3N4O2/c1-14(18-11-19(25)23(27)20(26)12-18)30-8-4-5-17(24(30)32)9-16-6-7-21(22(10-16)33-3)31-13-28-15(2)29-31/h6-7,9-14H,4-5,8H2,1-3H3/t14-/m0/s1. The number of rotatable bonds is 5. The maximum atomic E-state index is 13.7. The van der Waals surface area contributed by atoms with Crippen molar-refractivity contribution in [2.75, 3.05) is 13.7 Å². The summed E-state index contributed by atoms with van der Waals surface area (Å²) in [6, 6.07) is 6.74. The van der Waals surface area contributed by atoms with Gasteiger partial charge in [-0.15, -0.1) is 0 Å². The Morgan fingerprint density at radius 3 is 2.52 bits per heavy atom. The number of carbonyl (C=O) groups excluding carboxylic acids is 1. The first-order valence-electron chi connectivity index (χ1n) is 10.5. The Balaban J connectivity index is 1.60. The number of halogens is 3. The van der Waals surface area contributed by atoms with Gasteiger partial charge in [0.2, 0.25) is 5.91 Å². The number of aryl methyl sites for hydroxylation is 1. The van der Waals surface area contributed by atoms with Crippen LogP contribution in [0.3, 0.4) is 0 Å². The molecule has 0 spiro atoms. The smallest absolute Gasteiger partial charge is 0.250 e. The number of piperidine rings is 1. The Morgan fingerprint density at radius 2 is 1.88 bits per heavy atom. The number of carbonyl (C=O) groups is 1. The predicted octanol–water partition coefficient (Wildman–Crippen LogP) is 4.77. The van der Waals surface area contributed by atoms with Gasteiger partial charge in [0.05, 0.1) is 13.2 Å². The van der Waals surface area contributed by atoms with Crippen molar-refractivity contribution in [3.63, 3.8) is 0 Å². The summed E-state index contributed by atoms with van der Waals surface area (Å²) < 4.78 is 47.9. The highest BCUT2D eigenvalue weighted by Gasteiger charge is 2.29. The van der Waals surface area contributed by atoms with Gasteiger partial charge in [0.1, 0.15) is 23.6 Å². The lowest BCUT2D eigenvalue weighted by Gasteiger charge is -2.34. The van der Waals surface area contributed by atoms with Gasteiger partial charge in [0.15, 0.2) is 17.5 Å². The normalized spacial score (nSPS) is 16.4. The van der Waals surface area contributed by atoms with E-state index in [0.717, 1.165) is 17.7 Å². The molecule has 33 heavy (non-hydrogen) atoms. The lowest BCUT2D eigenvalue weighted by atomic mass is 9.97. The second-order valence-corrected chi connectivity index (χ2v) is 7.91. The average molecular weight is 456 g/mol. The predicted molar refractivity (Wildman–Crippen MR) is 116 cm³/mol. The van der Waals surface area contributed by atoms with Crippen molar-refractivity contribution in [3.8, 4) is 11.4 Å². The second kappa shape index (κ2) is 9.09. The van der Waals surface area contributed by atoms with E-state index >= 15 is 0 Å². The highest BCUT2D eigenvalue weighted by atomic mass is 19.2. The molecule has 172 valence electrons. The number of likely N-dealkylation sites (tertiary alicyclic amines) is 1. The molecule has 0 unspecified atom stereocenters. The van der Waals surface area contributed by atoms with Gasteiger partial charge in [0, 0.05) is 12.1 Å². The summed E-state index contributed by atoms with van der Waals surface area (Å²) in [7, 11) is 1.55. The van der Waals surface area contributed by atoms with E-state index in [4.69, 9.17) is 4.74 Å². The van der Waals surface area contributed by atoms with E-state index < -0.39 is 23.5 Å². The van der Waals surface area contributed by atoms with Crippen LogP contribution >= 0.6 is 0 Å². The molecule has 6 nitrogen and oxygen atoms in total. The third kappa shape index (κ3) is 4.48. The first-order chi connectivity index (χ1) is 15.8. The zero-order chi connectivity index (χ0) is 23.7. The van der Waals surface area contributed by atoms with E-state index in [1.807, 2.05) is 12.1 Å². The Morgan fingerprint density at radius 1 is 1.15 bits per heavy atom. The number of amides is 1. The fourth-order valence-corrected chi connectivity index (χ4v) is 3.97. The average Bonchev–Trinajstić information content (AvgIpc) is 3.24. The third-order valence-corrected chi connectivity index (χ3v) is 5.73. The van der Waals surface area contributed by atoms with Crippen molar-refractivity contribution < 1.29 is 22.7 Å². The molecule has 1 aliphatic heterocycles. The zero-order valence-electron chi connectivity index (χ0n) is 18.5. The molecule has 0 saturated carbocycles. The SMILES string of the molecule is COc1cc(C=C2CCCN([C@@H](C)c3cc(F)c(F)c(F)c3)C2=O)ccc1-n1cnc(C)n1. The molecule has 2 heterocycles. The summed E-state index contributed by atoms with van der Waals surface area (Å²) in [6.45, 7) is 3.90. The largest absolute Gasteiger partial charge is 0.494 e. The van der Waals surface area contributed by atoms with Crippen LogP contribution in [0.4, 0.5) is 13.2 Å². The van der Waals surface area contributed by atoms with Crippen molar-refractivity contribution in [3.05, 3.63) is 76.6 Å². The van der Waals surface area contributed by atoms with Crippen LogP contribution in [0.25, 0.3) is 11.8 Å². The van der Waals surface area contributed by atoms with Crippen molar-refractivity contribution in [1.29, 1.82) is 0 Å². The lowest BCUT2D eigenvalue weighted by molar-refractivity contribution is -0.130. The molecule has 9 heteroatoms. The highest BCUT2D eigenvalue weighted by Crippen LogP contribution is 2.31. The Kier molecular flexibility index (Phi) is 6.22. The van der Waals surface area contributed by atoms with Crippen LogP contribution < -0.4 is 4.74 Å². The summed E-state index contributed by atoms with van der Waals surface area (Å²) >= 11 is 0. The van der Waals surface area contributed by atoms with Crippen molar-refractivity contribution in [2.24, 2.45) is 0 Å². The number of aromatic nitrogens is 3.